The third-order valence-corrected chi connectivity index (χ3v) is 4.29. The number of methoxy groups -OCH3 is 1. The summed E-state index contributed by atoms with van der Waals surface area (Å²) in [7, 11) is 1.33. The van der Waals surface area contributed by atoms with E-state index in [1.54, 1.807) is 36.0 Å². The normalized spacial score (nSPS) is 10.1. The lowest BCUT2D eigenvalue weighted by molar-refractivity contribution is 0.0600. The molecule has 0 fully saturated rings. The molecule has 2 rings (SSSR count). The molecule has 2 aromatic carbocycles. The van der Waals surface area contributed by atoms with E-state index in [1.165, 1.54) is 12.0 Å². The highest BCUT2D eigenvalue weighted by molar-refractivity contribution is 7.99. The molecule has 0 bridgehead atoms. The van der Waals surface area contributed by atoms with Crippen molar-refractivity contribution in [3.8, 4) is 0 Å². The van der Waals surface area contributed by atoms with Crippen molar-refractivity contribution in [2.75, 3.05) is 19.4 Å². The number of amides is 1. The van der Waals surface area contributed by atoms with Crippen LogP contribution in [0.4, 0.5) is 0 Å². The fourth-order valence-corrected chi connectivity index (χ4v) is 2.83. The first-order valence-corrected chi connectivity index (χ1v) is 8.33. The van der Waals surface area contributed by atoms with Gasteiger partial charge in [-0.3, -0.25) is 4.79 Å². The van der Waals surface area contributed by atoms with Crippen LogP contribution >= 0.6 is 11.8 Å². The van der Waals surface area contributed by atoms with Crippen molar-refractivity contribution in [2.45, 2.75) is 11.3 Å². The Kier molecular flexibility index (Phi) is 6.69. The van der Waals surface area contributed by atoms with Gasteiger partial charge in [-0.05, 0) is 48.6 Å². The van der Waals surface area contributed by atoms with E-state index >= 15 is 0 Å². The molecule has 1 amide bonds. The molecular formula is C18H19NO3S. The zero-order chi connectivity index (χ0) is 16.5. The number of nitrogens with one attached hydrogen (secondary N) is 1. The third kappa shape index (κ3) is 5.45. The minimum atomic E-state index is -0.408. The first-order valence-electron chi connectivity index (χ1n) is 7.35. The van der Waals surface area contributed by atoms with Gasteiger partial charge in [-0.25, -0.2) is 4.79 Å². The van der Waals surface area contributed by atoms with Gasteiger partial charge in [0.05, 0.1) is 12.7 Å². The Morgan fingerprint density at radius 1 is 1.00 bits per heavy atom. The predicted molar refractivity (Wildman–Crippen MR) is 91.9 cm³/mol. The molecule has 0 radical (unpaired) electrons. The monoisotopic (exact) mass is 329 g/mol. The SMILES string of the molecule is COC(=O)c1ccc(C(=O)NCCCSc2ccccc2)cc1. The highest BCUT2D eigenvalue weighted by Crippen LogP contribution is 2.17. The highest BCUT2D eigenvalue weighted by atomic mass is 32.2. The summed E-state index contributed by atoms with van der Waals surface area (Å²) in [5.41, 5.74) is 0.969. The molecule has 0 heterocycles. The summed E-state index contributed by atoms with van der Waals surface area (Å²) in [5.74, 6) is 0.409. The lowest BCUT2D eigenvalue weighted by Gasteiger charge is -2.06. The highest BCUT2D eigenvalue weighted by Gasteiger charge is 2.08. The molecule has 1 N–H and O–H groups in total. The molecule has 23 heavy (non-hydrogen) atoms. The second kappa shape index (κ2) is 9.00. The maximum atomic E-state index is 12.0. The average molecular weight is 329 g/mol. The van der Waals surface area contributed by atoms with Crippen LogP contribution in [-0.4, -0.2) is 31.3 Å². The number of carbonyl (C=O) groups is 2. The largest absolute Gasteiger partial charge is 0.465 e. The van der Waals surface area contributed by atoms with E-state index in [0.717, 1.165) is 12.2 Å². The van der Waals surface area contributed by atoms with E-state index < -0.39 is 5.97 Å². The van der Waals surface area contributed by atoms with E-state index in [0.29, 0.717) is 17.7 Å². The van der Waals surface area contributed by atoms with Crippen molar-refractivity contribution in [1.29, 1.82) is 0 Å². The van der Waals surface area contributed by atoms with Gasteiger partial charge in [0.1, 0.15) is 0 Å². The Morgan fingerprint density at radius 3 is 2.30 bits per heavy atom. The summed E-state index contributed by atoms with van der Waals surface area (Å²) in [6.45, 7) is 0.622. The van der Waals surface area contributed by atoms with Crippen LogP contribution in [0.5, 0.6) is 0 Å². The molecule has 0 saturated heterocycles. The zero-order valence-electron chi connectivity index (χ0n) is 13.0. The molecule has 0 spiro atoms. The maximum Gasteiger partial charge on any atom is 0.337 e. The van der Waals surface area contributed by atoms with Crippen LogP contribution in [0.1, 0.15) is 27.1 Å². The van der Waals surface area contributed by atoms with Gasteiger partial charge >= 0.3 is 5.97 Å². The lowest BCUT2D eigenvalue weighted by atomic mass is 10.1. The van der Waals surface area contributed by atoms with Crippen molar-refractivity contribution in [2.24, 2.45) is 0 Å². The summed E-state index contributed by atoms with van der Waals surface area (Å²) in [5, 5.41) is 2.88. The summed E-state index contributed by atoms with van der Waals surface area (Å²) < 4.78 is 4.62. The van der Waals surface area contributed by atoms with Crippen LogP contribution in [0.3, 0.4) is 0 Å². The van der Waals surface area contributed by atoms with Gasteiger partial charge in [0.25, 0.3) is 5.91 Å². The van der Waals surface area contributed by atoms with Crippen molar-refractivity contribution >= 4 is 23.6 Å². The number of esters is 1. The van der Waals surface area contributed by atoms with Crippen LogP contribution in [0.15, 0.2) is 59.5 Å². The molecule has 4 nitrogen and oxygen atoms in total. The minimum absolute atomic E-state index is 0.133. The third-order valence-electron chi connectivity index (χ3n) is 3.19. The summed E-state index contributed by atoms with van der Waals surface area (Å²) in [6, 6.07) is 16.6. The second-order valence-electron chi connectivity index (χ2n) is 4.84. The quantitative estimate of drug-likeness (QED) is 0.481. The Labute approximate surface area is 140 Å². The number of hydrogen-bond donors (Lipinski definition) is 1. The first-order chi connectivity index (χ1) is 11.2. The van der Waals surface area contributed by atoms with Crippen molar-refractivity contribution in [3.05, 3.63) is 65.7 Å². The minimum Gasteiger partial charge on any atom is -0.465 e. The summed E-state index contributed by atoms with van der Waals surface area (Å²) in [4.78, 5) is 24.6. The molecule has 0 unspecified atom stereocenters. The van der Waals surface area contributed by atoms with Crippen LogP contribution in [0.25, 0.3) is 0 Å². The molecule has 0 aromatic heterocycles. The van der Waals surface area contributed by atoms with Gasteiger partial charge in [-0.1, -0.05) is 18.2 Å². The van der Waals surface area contributed by atoms with Crippen molar-refractivity contribution in [3.63, 3.8) is 0 Å². The summed E-state index contributed by atoms with van der Waals surface area (Å²) >= 11 is 1.77. The number of carbonyl (C=O) groups excluding carboxylic acids is 2. The number of benzene rings is 2. The van der Waals surface area contributed by atoms with Crippen molar-refractivity contribution in [1.82, 2.24) is 5.32 Å². The van der Waals surface area contributed by atoms with Crippen LogP contribution in [0, 0.1) is 0 Å². The van der Waals surface area contributed by atoms with Gasteiger partial charge in [-0.15, -0.1) is 11.8 Å². The molecule has 5 heteroatoms. The topological polar surface area (TPSA) is 55.4 Å². The summed E-state index contributed by atoms with van der Waals surface area (Å²) in [6.07, 6.45) is 0.894. The average Bonchev–Trinajstić information content (AvgIpc) is 2.61. The number of ether oxygens (including phenoxy) is 1. The zero-order valence-corrected chi connectivity index (χ0v) is 13.8. The van der Waals surface area contributed by atoms with Crippen LogP contribution < -0.4 is 5.32 Å². The van der Waals surface area contributed by atoms with Gasteiger partial charge in [0.2, 0.25) is 0 Å². The standard InChI is InChI=1S/C18H19NO3S/c1-22-18(21)15-10-8-14(9-11-15)17(20)19-12-5-13-23-16-6-3-2-4-7-16/h2-4,6-11H,5,12-13H2,1H3,(H,19,20). The fraction of sp³-hybridized carbons (Fsp3) is 0.222. The smallest absolute Gasteiger partial charge is 0.337 e. The number of hydrogen-bond acceptors (Lipinski definition) is 4. The van der Waals surface area contributed by atoms with E-state index in [4.69, 9.17) is 0 Å². The van der Waals surface area contributed by atoms with Gasteiger partial charge in [0.15, 0.2) is 0 Å². The number of rotatable bonds is 7. The number of thioether (sulfide) groups is 1. The molecule has 0 saturated carbocycles. The van der Waals surface area contributed by atoms with E-state index in [9.17, 15) is 9.59 Å². The Bertz CT molecular complexity index is 641. The molecule has 0 aliphatic carbocycles. The fourth-order valence-electron chi connectivity index (χ4n) is 1.96. The van der Waals surface area contributed by atoms with Crippen LogP contribution in [0.2, 0.25) is 0 Å². The Hall–Kier alpha value is -2.27. The molecule has 120 valence electrons. The molecule has 0 atom stereocenters. The lowest BCUT2D eigenvalue weighted by Crippen LogP contribution is -2.24. The maximum absolute atomic E-state index is 12.0. The van der Waals surface area contributed by atoms with E-state index in [1.807, 2.05) is 18.2 Å². The Morgan fingerprint density at radius 2 is 1.65 bits per heavy atom. The predicted octanol–water partition coefficient (Wildman–Crippen LogP) is 3.39. The molecule has 0 aliphatic heterocycles. The molecular weight excluding hydrogens is 310 g/mol. The van der Waals surface area contributed by atoms with Crippen molar-refractivity contribution < 1.29 is 14.3 Å². The van der Waals surface area contributed by atoms with E-state index in [-0.39, 0.29) is 5.91 Å². The first kappa shape index (κ1) is 17.1. The van der Waals surface area contributed by atoms with Gasteiger partial charge in [-0.2, -0.15) is 0 Å². The molecule has 0 aliphatic rings. The van der Waals surface area contributed by atoms with Gasteiger partial charge in [0, 0.05) is 17.0 Å². The Balaban J connectivity index is 1.71. The van der Waals surface area contributed by atoms with Gasteiger partial charge < -0.3 is 10.1 Å². The second-order valence-corrected chi connectivity index (χ2v) is 6.01. The van der Waals surface area contributed by atoms with Crippen LogP contribution in [-0.2, 0) is 4.74 Å². The molecule has 2 aromatic rings. The van der Waals surface area contributed by atoms with E-state index in [2.05, 4.69) is 22.2 Å².